The summed E-state index contributed by atoms with van der Waals surface area (Å²) < 4.78 is 12.0. The summed E-state index contributed by atoms with van der Waals surface area (Å²) in [5, 5.41) is 0.259. The van der Waals surface area contributed by atoms with Gasteiger partial charge in [-0.25, -0.2) is 4.79 Å². The van der Waals surface area contributed by atoms with Crippen LogP contribution in [0, 0.1) is 11.8 Å². The summed E-state index contributed by atoms with van der Waals surface area (Å²) in [6.45, 7) is 22.1. The van der Waals surface area contributed by atoms with Gasteiger partial charge in [-0.15, -0.1) is 6.58 Å². The van der Waals surface area contributed by atoms with E-state index in [4.69, 9.17) is 9.16 Å². The van der Waals surface area contributed by atoms with Crippen LogP contribution in [0.2, 0.25) is 18.1 Å². The molecule has 1 saturated carbocycles. The Balaban J connectivity index is 2.62. The number of ether oxygens (including phenoxy) is 1. The number of rotatable bonds is 7. The van der Waals surface area contributed by atoms with Gasteiger partial charge in [-0.2, -0.15) is 0 Å². The molecular formula is C23H45NO3Si. The van der Waals surface area contributed by atoms with E-state index < -0.39 is 13.9 Å². The molecule has 0 heterocycles. The van der Waals surface area contributed by atoms with E-state index in [1.54, 1.807) is 4.90 Å². The highest BCUT2D eigenvalue weighted by atomic mass is 28.4. The van der Waals surface area contributed by atoms with Crippen molar-refractivity contribution < 1.29 is 14.0 Å². The first-order valence-corrected chi connectivity index (χ1v) is 13.8. The zero-order valence-electron chi connectivity index (χ0n) is 19.9. The van der Waals surface area contributed by atoms with Crippen LogP contribution in [0.25, 0.3) is 0 Å². The standard InChI is InChI=1S/C23H45NO3Si/c1-11-12-20(24(8)21(25)27-22(2,3)4)19-15-13-18(14-16-19)17-26-28(9,10)23(5,6)7/h11,18-20H,1,12-17H2,2-10H3/t18?,19?,20-/m1/s1. The molecule has 4 nitrogen and oxygen atoms in total. The van der Waals surface area contributed by atoms with Gasteiger partial charge in [0.15, 0.2) is 8.32 Å². The minimum Gasteiger partial charge on any atom is -0.444 e. The average Bonchev–Trinajstić information content (AvgIpc) is 2.55. The Morgan fingerprint density at radius 3 is 2.11 bits per heavy atom. The monoisotopic (exact) mass is 411 g/mol. The van der Waals surface area contributed by atoms with Crippen molar-refractivity contribution in [1.29, 1.82) is 0 Å². The maximum Gasteiger partial charge on any atom is 0.410 e. The largest absolute Gasteiger partial charge is 0.444 e. The van der Waals surface area contributed by atoms with Crippen LogP contribution in [-0.2, 0) is 9.16 Å². The van der Waals surface area contributed by atoms with E-state index in [1.807, 2.05) is 33.9 Å². The van der Waals surface area contributed by atoms with Gasteiger partial charge in [0.1, 0.15) is 5.60 Å². The van der Waals surface area contributed by atoms with Crippen molar-refractivity contribution in [3.8, 4) is 0 Å². The van der Waals surface area contributed by atoms with Gasteiger partial charge in [-0.05, 0) is 82.8 Å². The fraction of sp³-hybridized carbons (Fsp3) is 0.870. The van der Waals surface area contributed by atoms with Gasteiger partial charge < -0.3 is 14.1 Å². The van der Waals surface area contributed by atoms with Crippen LogP contribution in [0.1, 0.15) is 73.6 Å². The van der Waals surface area contributed by atoms with E-state index >= 15 is 0 Å². The third-order valence-electron chi connectivity index (χ3n) is 6.51. The lowest BCUT2D eigenvalue weighted by Crippen LogP contribution is -2.45. The highest BCUT2D eigenvalue weighted by Crippen LogP contribution is 2.39. The Morgan fingerprint density at radius 1 is 1.14 bits per heavy atom. The van der Waals surface area contributed by atoms with E-state index in [1.165, 1.54) is 12.8 Å². The lowest BCUT2D eigenvalue weighted by atomic mass is 9.77. The van der Waals surface area contributed by atoms with Crippen molar-refractivity contribution in [3.05, 3.63) is 12.7 Å². The Labute approximate surface area is 175 Å². The number of hydrogen-bond acceptors (Lipinski definition) is 3. The van der Waals surface area contributed by atoms with Crippen molar-refractivity contribution in [3.63, 3.8) is 0 Å². The Morgan fingerprint density at radius 2 is 1.68 bits per heavy atom. The lowest BCUT2D eigenvalue weighted by molar-refractivity contribution is 0.0124. The number of amides is 1. The summed E-state index contributed by atoms with van der Waals surface area (Å²) in [4.78, 5) is 14.3. The molecule has 0 spiro atoms. The topological polar surface area (TPSA) is 38.8 Å². The Kier molecular flexibility index (Phi) is 8.82. The van der Waals surface area contributed by atoms with Crippen LogP contribution < -0.4 is 0 Å². The fourth-order valence-corrected chi connectivity index (χ4v) is 4.67. The first-order valence-electron chi connectivity index (χ1n) is 10.9. The first-order chi connectivity index (χ1) is 12.7. The minimum atomic E-state index is -1.68. The molecule has 1 rings (SSSR count). The zero-order valence-corrected chi connectivity index (χ0v) is 20.9. The van der Waals surface area contributed by atoms with E-state index in [0.717, 1.165) is 25.9 Å². The van der Waals surface area contributed by atoms with Gasteiger partial charge >= 0.3 is 6.09 Å². The van der Waals surface area contributed by atoms with Crippen LogP contribution >= 0.6 is 0 Å². The molecule has 0 bridgehead atoms. The molecule has 0 N–H and O–H groups in total. The van der Waals surface area contributed by atoms with Gasteiger partial charge in [0, 0.05) is 19.7 Å². The fourth-order valence-electron chi connectivity index (χ4n) is 3.59. The van der Waals surface area contributed by atoms with Crippen molar-refractivity contribution in [1.82, 2.24) is 4.90 Å². The summed E-state index contributed by atoms with van der Waals surface area (Å²) >= 11 is 0. The summed E-state index contributed by atoms with van der Waals surface area (Å²) in [5.41, 5.74) is -0.469. The first kappa shape index (κ1) is 25.2. The van der Waals surface area contributed by atoms with Gasteiger partial charge in [-0.1, -0.05) is 26.8 Å². The molecule has 1 aliphatic carbocycles. The van der Waals surface area contributed by atoms with Gasteiger partial charge in [0.05, 0.1) is 0 Å². The van der Waals surface area contributed by atoms with E-state index in [9.17, 15) is 4.79 Å². The normalized spacial score (nSPS) is 22.5. The van der Waals surface area contributed by atoms with Crippen molar-refractivity contribution in [2.45, 2.75) is 103 Å². The number of carbonyl (C=O) groups excluding carboxylic acids is 1. The van der Waals surface area contributed by atoms with Gasteiger partial charge in [0.2, 0.25) is 0 Å². The molecule has 0 radical (unpaired) electrons. The quantitative estimate of drug-likeness (QED) is 0.349. The molecule has 1 aliphatic rings. The van der Waals surface area contributed by atoms with Crippen molar-refractivity contribution >= 4 is 14.4 Å². The van der Waals surface area contributed by atoms with Gasteiger partial charge in [-0.3, -0.25) is 0 Å². The second-order valence-electron chi connectivity index (χ2n) is 11.0. The molecule has 5 heteroatoms. The van der Waals surface area contributed by atoms with Crippen LogP contribution in [0.4, 0.5) is 4.79 Å². The smallest absolute Gasteiger partial charge is 0.410 e. The van der Waals surface area contributed by atoms with Crippen molar-refractivity contribution in [2.75, 3.05) is 13.7 Å². The van der Waals surface area contributed by atoms with Crippen LogP contribution in [-0.4, -0.2) is 44.6 Å². The molecule has 1 amide bonds. The van der Waals surface area contributed by atoms with Gasteiger partial charge in [0.25, 0.3) is 0 Å². The SMILES string of the molecule is C=CC[C@H](C1CCC(CO[Si](C)(C)C(C)(C)C)CC1)N(C)C(=O)OC(C)(C)C. The second kappa shape index (κ2) is 9.79. The summed E-state index contributed by atoms with van der Waals surface area (Å²) in [5.74, 6) is 1.14. The molecule has 0 aliphatic heterocycles. The molecule has 1 atom stereocenters. The van der Waals surface area contributed by atoms with Crippen LogP contribution in [0.3, 0.4) is 0 Å². The second-order valence-corrected chi connectivity index (χ2v) is 15.8. The predicted molar refractivity (Wildman–Crippen MR) is 121 cm³/mol. The third-order valence-corrected chi connectivity index (χ3v) is 11.0. The zero-order chi connectivity index (χ0) is 21.8. The lowest BCUT2D eigenvalue weighted by Gasteiger charge is -2.40. The molecule has 28 heavy (non-hydrogen) atoms. The molecule has 0 saturated heterocycles. The highest BCUT2D eigenvalue weighted by molar-refractivity contribution is 6.74. The summed E-state index contributed by atoms with van der Waals surface area (Å²) in [6.07, 6.45) is 7.13. The number of carbonyl (C=O) groups is 1. The minimum absolute atomic E-state index is 0.162. The van der Waals surface area contributed by atoms with Crippen LogP contribution in [0.5, 0.6) is 0 Å². The highest BCUT2D eigenvalue weighted by Gasteiger charge is 2.38. The Hall–Kier alpha value is -0.813. The van der Waals surface area contributed by atoms with Crippen molar-refractivity contribution in [2.24, 2.45) is 11.8 Å². The third kappa shape index (κ3) is 7.55. The molecule has 0 aromatic carbocycles. The molecular weight excluding hydrogens is 366 g/mol. The molecule has 164 valence electrons. The summed E-state index contributed by atoms with van der Waals surface area (Å²) in [7, 11) is 0.191. The average molecular weight is 412 g/mol. The van der Waals surface area contributed by atoms with Crippen LogP contribution in [0.15, 0.2) is 12.7 Å². The van der Waals surface area contributed by atoms with E-state index in [2.05, 4.69) is 40.4 Å². The predicted octanol–water partition coefficient (Wildman–Crippen LogP) is 6.63. The molecule has 1 fully saturated rings. The molecule has 0 aromatic heterocycles. The Bertz CT molecular complexity index is 511. The maximum absolute atomic E-state index is 12.5. The maximum atomic E-state index is 12.5. The molecule has 0 unspecified atom stereocenters. The summed E-state index contributed by atoms with van der Waals surface area (Å²) in [6, 6.07) is 0.162. The number of nitrogens with zero attached hydrogens (tertiary/aromatic N) is 1. The van der Waals surface area contributed by atoms with E-state index in [0.29, 0.717) is 11.8 Å². The molecule has 0 aromatic rings. The van der Waals surface area contributed by atoms with E-state index in [-0.39, 0.29) is 17.2 Å². The number of hydrogen-bond donors (Lipinski definition) is 0.